The molecular weight excluding hydrogens is 364 g/mol. The average Bonchev–Trinajstić information content (AvgIpc) is 3.06. The predicted octanol–water partition coefficient (Wildman–Crippen LogP) is 8.02. The van der Waals surface area contributed by atoms with E-state index in [4.69, 9.17) is 6.58 Å². The third kappa shape index (κ3) is 3.74. The molecule has 0 heterocycles. The summed E-state index contributed by atoms with van der Waals surface area (Å²) in [4.78, 5) is 0. The molecule has 4 aliphatic carbocycles. The summed E-state index contributed by atoms with van der Waals surface area (Å²) in [6, 6.07) is 0. The molecule has 9 atom stereocenters. The van der Waals surface area contributed by atoms with Crippen LogP contribution in [0.5, 0.6) is 0 Å². The molecule has 0 amide bonds. The van der Waals surface area contributed by atoms with E-state index in [1.54, 1.807) is 5.57 Å². The number of hydrogen-bond donors (Lipinski definition) is 1. The highest BCUT2D eigenvalue weighted by Crippen LogP contribution is 2.68. The predicted molar refractivity (Wildman–Crippen MR) is 128 cm³/mol. The third-order valence-electron chi connectivity index (χ3n) is 11.4. The quantitative estimate of drug-likeness (QED) is 0.436. The first-order chi connectivity index (χ1) is 14.2. The number of fused-ring (bicyclic) bond motifs is 5. The smallest absolute Gasteiger partial charge is 0.0543 e. The average molecular weight is 415 g/mol. The highest BCUT2D eigenvalue weighted by atomic mass is 16.3. The van der Waals surface area contributed by atoms with Crippen molar-refractivity contribution in [3.8, 4) is 0 Å². The minimum Gasteiger partial charge on any atom is -0.393 e. The standard InChI is InChI=1S/C29H50O/c1-7-21(19(2)3)9-8-20(4)25-12-13-26-24-11-10-22-18-23(30)14-16-28(22,5)27(24)15-17-29(25,26)6/h19,21-27,30H,4,7-18H2,1-3,5-6H3/t21-,22+,23+,24+,25-,26+,27+,28+,29-/m1/s1. The second-order valence-corrected chi connectivity index (χ2v) is 12.9. The van der Waals surface area contributed by atoms with Gasteiger partial charge in [-0.15, -0.1) is 0 Å². The van der Waals surface area contributed by atoms with Gasteiger partial charge >= 0.3 is 0 Å². The molecule has 0 aromatic carbocycles. The van der Waals surface area contributed by atoms with Crippen LogP contribution in [0.4, 0.5) is 0 Å². The molecule has 0 aliphatic heterocycles. The van der Waals surface area contributed by atoms with E-state index in [1.165, 1.54) is 64.2 Å². The topological polar surface area (TPSA) is 20.2 Å². The molecule has 4 rings (SSSR count). The van der Waals surface area contributed by atoms with E-state index in [2.05, 4.69) is 34.6 Å². The first-order valence-corrected chi connectivity index (χ1v) is 13.6. The Hall–Kier alpha value is -0.300. The van der Waals surface area contributed by atoms with Gasteiger partial charge in [-0.3, -0.25) is 0 Å². The van der Waals surface area contributed by atoms with Gasteiger partial charge in [-0.25, -0.2) is 0 Å². The van der Waals surface area contributed by atoms with E-state index in [-0.39, 0.29) is 6.10 Å². The van der Waals surface area contributed by atoms with Crippen LogP contribution in [0.2, 0.25) is 0 Å². The molecule has 0 unspecified atom stereocenters. The summed E-state index contributed by atoms with van der Waals surface area (Å²) in [6.07, 6.45) is 15.8. The molecule has 172 valence electrons. The lowest BCUT2D eigenvalue weighted by atomic mass is 9.44. The molecule has 0 radical (unpaired) electrons. The van der Waals surface area contributed by atoms with Crippen LogP contribution in [0.1, 0.15) is 112 Å². The molecule has 1 N–H and O–H groups in total. The molecular formula is C29H50O. The van der Waals surface area contributed by atoms with Crippen molar-refractivity contribution in [2.45, 2.75) is 118 Å². The summed E-state index contributed by atoms with van der Waals surface area (Å²) in [6.45, 7) is 17.1. The Morgan fingerprint density at radius 2 is 1.67 bits per heavy atom. The van der Waals surface area contributed by atoms with Crippen LogP contribution in [-0.4, -0.2) is 11.2 Å². The zero-order valence-electron chi connectivity index (χ0n) is 20.8. The summed E-state index contributed by atoms with van der Waals surface area (Å²) in [5.41, 5.74) is 2.61. The number of allylic oxidation sites excluding steroid dienone is 1. The Labute approximate surface area is 187 Å². The van der Waals surface area contributed by atoms with Gasteiger partial charge in [0.15, 0.2) is 0 Å². The molecule has 0 aromatic rings. The fraction of sp³-hybridized carbons (Fsp3) is 0.931. The highest BCUT2D eigenvalue weighted by molar-refractivity contribution is 5.16. The summed E-state index contributed by atoms with van der Waals surface area (Å²) in [7, 11) is 0. The van der Waals surface area contributed by atoms with Gasteiger partial charge in [0, 0.05) is 0 Å². The Morgan fingerprint density at radius 3 is 2.37 bits per heavy atom. The van der Waals surface area contributed by atoms with Gasteiger partial charge in [0.25, 0.3) is 0 Å². The Kier molecular flexibility index (Phi) is 6.53. The second kappa shape index (κ2) is 8.57. The number of rotatable bonds is 6. The van der Waals surface area contributed by atoms with Crippen LogP contribution in [0.15, 0.2) is 12.2 Å². The van der Waals surface area contributed by atoms with Crippen molar-refractivity contribution in [2.75, 3.05) is 0 Å². The fourth-order valence-corrected chi connectivity index (χ4v) is 9.46. The molecule has 1 heteroatoms. The highest BCUT2D eigenvalue weighted by Gasteiger charge is 2.60. The molecule has 30 heavy (non-hydrogen) atoms. The first kappa shape index (κ1) is 22.9. The first-order valence-electron chi connectivity index (χ1n) is 13.6. The van der Waals surface area contributed by atoms with E-state index in [9.17, 15) is 5.11 Å². The third-order valence-corrected chi connectivity index (χ3v) is 11.4. The van der Waals surface area contributed by atoms with Crippen LogP contribution in [0.25, 0.3) is 0 Å². The Bertz CT molecular complexity index is 622. The van der Waals surface area contributed by atoms with Crippen LogP contribution in [0, 0.1) is 52.3 Å². The van der Waals surface area contributed by atoms with Crippen molar-refractivity contribution >= 4 is 0 Å². The van der Waals surface area contributed by atoms with Gasteiger partial charge < -0.3 is 5.11 Å². The van der Waals surface area contributed by atoms with Gasteiger partial charge in [-0.2, -0.15) is 0 Å². The molecule has 0 spiro atoms. The van der Waals surface area contributed by atoms with Gasteiger partial charge in [0.05, 0.1) is 6.10 Å². The van der Waals surface area contributed by atoms with Gasteiger partial charge in [0.2, 0.25) is 0 Å². The minimum atomic E-state index is -0.0227. The lowest BCUT2D eigenvalue weighted by Crippen LogP contribution is -2.54. The molecule has 0 aromatic heterocycles. The van der Waals surface area contributed by atoms with E-state index in [0.717, 1.165) is 54.3 Å². The molecule has 4 aliphatic rings. The molecule has 1 nitrogen and oxygen atoms in total. The molecule has 4 fully saturated rings. The number of hydrogen-bond acceptors (Lipinski definition) is 1. The zero-order valence-corrected chi connectivity index (χ0v) is 20.8. The van der Waals surface area contributed by atoms with Gasteiger partial charge in [-0.05, 0) is 123 Å². The maximum Gasteiger partial charge on any atom is 0.0543 e. The maximum atomic E-state index is 10.3. The monoisotopic (exact) mass is 414 g/mol. The van der Waals surface area contributed by atoms with E-state index in [1.807, 2.05) is 0 Å². The van der Waals surface area contributed by atoms with Crippen LogP contribution in [-0.2, 0) is 0 Å². The normalized spacial score (nSPS) is 46.8. The molecule has 0 saturated heterocycles. The molecule has 0 bridgehead atoms. The summed E-state index contributed by atoms with van der Waals surface area (Å²) >= 11 is 0. The zero-order chi connectivity index (χ0) is 21.7. The van der Waals surface area contributed by atoms with Crippen LogP contribution < -0.4 is 0 Å². The van der Waals surface area contributed by atoms with Gasteiger partial charge in [0.1, 0.15) is 0 Å². The van der Waals surface area contributed by atoms with Crippen LogP contribution >= 0.6 is 0 Å². The fourth-order valence-electron chi connectivity index (χ4n) is 9.46. The minimum absolute atomic E-state index is 0.0227. The van der Waals surface area contributed by atoms with E-state index >= 15 is 0 Å². The SMILES string of the molecule is C=C(CC[C@@H](CC)C(C)C)[C@H]1CC[C@H]2[C@@H]3CC[C@H]4C[C@@H](O)CC[C@]4(C)[C@H]3CC[C@]12C. The summed E-state index contributed by atoms with van der Waals surface area (Å²) in [5, 5.41) is 10.3. The van der Waals surface area contributed by atoms with E-state index < -0.39 is 0 Å². The second-order valence-electron chi connectivity index (χ2n) is 12.9. The van der Waals surface area contributed by atoms with Gasteiger partial charge in [-0.1, -0.05) is 53.2 Å². The van der Waals surface area contributed by atoms with Crippen molar-refractivity contribution in [3.05, 3.63) is 12.2 Å². The Balaban J connectivity index is 1.45. The lowest BCUT2D eigenvalue weighted by molar-refractivity contribution is -0.124. The van der Waals surface area contributed by atoms with Crippen LogP contribution in [0.3, 0.4) is 0 Å². The lowest BCUT2D eigenvalue weighted by Gasteiger charge is -2.61. The number of aliphatic hydroxyl groups excluding tert-OH is 1. The summed E-state index contributed by atoms with van der Waals surface area (Å²) in [5.74, 6) is 5.99. The van der Waals surface area contributed by atoms with Crippen molar-refractivity contribution in [1.82, 2.24) is 0 Å². The maximum absolute atomic E-state index is 10.3. The molecule has 4 saturated carbocycles. The van der Waals surface area contributed by atoms with Crippen molar-refractivity contribution in [3.63, 3.8) is 0 Å². The van der Waals surface area contributed by atoms with Crippen molar-refractivity contribution < 1.29 is 5.11 Å². The number of aliphatic hydroxyl groups is 1. The Morgan fingerprint density at radius 1 is 0.967 bits per heavy atom. The van der Waals surface area contributed by atoms with Crippen molar-refractivity contribution in [1.29, 1.82) is 0 Å². The van der Waals surface area contributed by atoms with E-state index in [0.29, 0.717) is 10.8 Å². The summed E-state index contributed by atoms with van der Waals surface area (Å²) < 4.78 is 0. The van der Waals surface area contributed by atoms with Crippen molar-refractivity contribution in [2.24, 2.45) is 52.3 Å². The largest absolute Gasteiger partial charge is 0.393 e.